The predicted octanol–water partition coefficient (Wildman–Crippen LogP) is 7.83. The summed E-state index contributed by atoms with van der Waals surface area (Å²) in [7, 11) is 4.54. The van der Waals surface area contributed by atoms with E-state index in [-0.39, 0.29) is 0 Å². The van der Waals surface area contributed by atoms with Crippen LogP contribution in [0.2, 0.25) is 0 Å². The molecule has 10 heteroatoms. The van der Waals surface area contributed by atoms with Crippen molar-refractivity contribution in [2.24, 2.45) is 0 Å². The summed E-state index contributed by atoms with van der Waals surface area (Å²) in [6, 6.07) is 17.3. The van der Waals surface area contributed by atoms with Crippen LogP contribution in [0.15, 0.2) is 67.0 Å². The lowest BCUT2D eigenvalue weighted by Gasteiger charge is -2.22. The number of carbonyl (C=O) groups is 1. The second kappa shape index (κ2) is 19.1. The molecule has 10 nitrogen and oxygen atoms in total. The van der Waals surface area contributed by atoms with Gasteiger partial charge in [0.1, 0.15) is 18.8 Å². The molecule has 0 saturated carbocycles. The molecule has 0 fully saturated rings. The van der Waals surface area contributed by atoms with E-state index in [1.54, 1.807) is 26.4 Å². The summed E-state index contributed by atoms with van der Waals surface area (Å²) >= 11 is 0. The molecule has 1 N–H and O–H groups in total. The average molecular weight is 657 g/mol. The van der Waals surface area contributed by atoms with Gasteiger partial charge in [0.05, 0.1) is 39.1 Å². The molecule has 0 spiro atoms. The number of hydrogen-bond donors (Lipinski definition) is 1. The Labute approximate surface area is 284 Å². The van der Waals surface area contributed by atoms with Crippen LogP contribution >= 0.6 is 0 Å². The number of esters is 1. The van der Waals surface area contributed by atoms with Crippen LogP contribution in [0.25, 0.3) is 17.0 Å². The van der Waals surface area contributed by atoms with E-state index in [0.717, 1.165) is 37.0 Å². The summed E-state index contributed by atoms with van der Waals surface area (Å²) in [6.45, 7) is 8.57. The molecule has 0 unspecified atom stereocenters. The number of benzene rings is 3. The second-order valence-electron chi connectivity index (χ2n) is 11.3. The van der Waals surface area contributed by atoms with Crippen LogP contribution < -0.4 is 24.3 Å². The highest BCUT2D eigenvalue weighted by Crippen LogP contribution is 2.39. The van der Waals surface area contributed by atoms with Crippen molar-refractivity contribution in [1.29, 1.82) is 0 Å². The van der Waals surface area contributed by atoms with Crippen LogP contribution in [0.3, 0.4) is 0 Å². The van der Waals surface area contributed by atoms with E-state index in [9.17, 15) is 4.79 Å². The van der Waals surface area contributed by atoms with Gasteiger partial charge in [-0.15, -0.1) is 0 Å². The molecule has 3 aromatic carbocycles. The van der Waals surface area contributed by atoms with E-state index >= 15 is 0 Å². The predicted molar refractivity (Wildman–Crippen MR) is 191 cm³/mol. The number of unbranched alkanes of at least 4 members (excludes halogenated alkanes) is 2. The zero-order valence-electron chi connectivity index (χ0n) is 28.8. The van der Waals surface area contributed by atoms with E-state index in [2.05, 4.69) is 34.0 Å². The molecular formula is C38H48N4O6. The number of anilines is 2. The molecule has 0 amide bonds. The van der Waals surface area contributed by atoms with Crippen LogP contribution in [0.5, 0.6) is 23.0 Å². The Hall–Kier alpha value is -4.83. The van der Waals surface area contributed by atoms with Gasteiger partial charge in [-0.3, -0.25) is 0 Å². The number of methoxy groups -OCH3 is 3. The van der Waals surface area contributed by atoms with Gasteiger partial charge in [-0.1, -0.05) is 57.0 Å². The van der Waals surface area contributed by atoms with Gasteiger partial charge in [-0.2, -0.15) is 0 Å². The maximum atomic E-state index is 12.0. The molecule has 0 aliphatic rings. The minimum absolute atomic E-state index is 0.347. The van der Waals surface area contributed by atoms with Gasteiger partial charge in [0, 0.05) is 35.7 Å². The molecule has 48 heavy (non-hydrogen) atoms. The highest BCUT2D eigenvalue weighted by Gasteiger charge is 2.16. The average Bonchev–Trinajstić information content (AvgIpc) is 3.12. The van der Waals surface area contributed by atoms with Crippen molar-refractivity contribution < 1.29 is 28.5 Å². The van der Waals surface area contributed by atoms with Crippen molar-refractivity contribution in [1.82, 2.24) is 14.9 Å². The van der Waals surface area contributed by atoms with Crippen molar-refractivity contribution in [3.05, 3.63) is 78.1 Å². The first-order chi connectivity index (χ1) is 23.5. The summed E-state index contributed by atoms with van der Waals surface area (Å²) in [5, 5.41) is 4.18. The number of fused-ring (bicyclic) bond motifs is 1. The lowest BCUT2D eigenvalue weighted by atomic mass is 10.1. The zero-order chi connectivity index (χ0) is 34.1. The number of nitrogens with zero attached hydrogens (tertiary/aromatic N) is 3. The Morgan fingerprint density at radius 1 is 0.812 bits per heavy atom. The van der Waals surface area contributed by atoms with Crippen molar-refractivity contribution in [2.45, 2.75) is 52.6 Å². The fourth-order valence-corrected chi connectivity index (χ4v) is 5.19. The molecule has 256 valence electrons. The lowest BCUT2D eigenvalue weighted by molar-refractivity contribution is -0.134. The van der Waals surface area contributed by atoms with Gasteiger partial charge in [0.15, 0.2) is 23.0 Å². The van der Waals surface area contributed by atoms with Crippen LogP contribution in [0, 0.1) is 0 Å². The summed E-state index contributed by atoms with van der Waals surface area (Å²) in [5.41, 5.74) is 3.00. The van der Waals surface area contributed by atoms with E-state index < -0.39 is 5.97 Å². The van der Waals surface area contributed by atoms with Gasteiger partial charge < -0.3 is 33.9 Å². The largest absolute Gasteiger partial charge is 0.493 e. The quantitative estimate of drug-likeness (QED) is 0.0575. The van der Waals surface area contributed by atoms with Crippen LogP contribution in [0.4, 0.5) is 11.5 Å². The number of carbonyl (C=O) groups excluding carboxylic acids is 1. The monoisotopic (exact) mass is 656 g/mol. The van der Waals surface area contributed by atoms with Crippen molar-refractivity contribution in [3.63, 3.8) is 0 Å². The minimum Gasteiger partial charge on any atom is -0.493 e. The van der Waals surface area contributed by atoms with Gasteiger partial charge in [0.2, 0.25) is 0 Å². The first-order valence-corrected chi connectivity index (χ1v) is 16.6. The van der Waals surface area contributed by atoms with E-state index in [1.165, 1.54) is 45.2 Å². The minimum atomic E-state index is -0.482. The Bertz CT molecular complexity index is 1620. The molecule has 4 rings (SSSR count). The first kappa shape index (κ1) is 36.0. The molecule has 1 aromatic heterocycles. The molecular weight excluding hydrogens is 608 g/mol. The highest BCUT2D eigenvalue weighted by atomic mass is 16.5. The first-order valence-electron chi connectivity index (χ1n) is 16.6. The van der Waals surface area contributed by atoms with Gasteiger partial charge >= 0.3 is 5.97 Å². The Morgan fingerprint density at radius 2 is 1.50 bits per heavy atom. The Kier molecular flexibility index (Phi) is 14.3. The summed E-state index contributed by atoms with van der Waals surface area (Å²) in [5.74, 6) is 2.31. The highest BCUT2D eigenvalue weighted by molar-refractivity contribution is 5.95. The maximum Gasteiger partial charge on any atom is 0.330 e. The van der Waals surface area contributed by atoms with Crippen molar-refractivity contribution >= 4 is 34.5 Å². The van der Waals surface area contributed by atoms with Crippen LogP contribution in [0.1, 0.15) is 57.1 Å². The molecule has 0 aliphatic heterocycles. The van der Waals surface area contributed by atoms with Gasteiger partial charge in [-0.05, 0) is 56.1 Å². The second-order valence-corrected chi connectivity index (χ2v) is 11.3. The van der Waals surface area contributed by atoms with Crippen molar-refractivity contribution in [3.8, 4) is 23.0 Å². The van der Waals surface area contributed by atoms with Gasteiger partial charge in [-0.25, -0.2) is 14.8 Å². The number of nitrogens with one attached hydrogen (secondary N) is 1. The summed E-state index contributed by atoms with van der Waals surface area (Å²) < 4.78 is 28.7. The molecule has 1 heterocycles. The number of aromatic nitrogens is 2. The number of hydrogen-bond acceptors (Lipinski definition) is 10. The number of rotatable bonds is 20. The fraction of sp³-hybridized carbons (Fsp3) is 0.395. The molecule has 0 atom stereocenters. The third kappa shape index (κ3) is 10.3. The molecule has 0 aliphatic carbocycles. The van der Waals surface area contributed by atoms with Gasteiger partial charge in [0.25, 0.3) is 0 Å². The van der Waals surface area contributed by atoms with Crippen molar-refractivity contribution in [2.75, 3.05) is 52.9 Å². The normalized spacial score (nSPS) is 11.2. The van der Waals surface area contributed by atoms with Crippen LogP contribution in [-0.2, 0) is 16.1 Å². The van der Waals surface area contributed by atoms with Crippen LogP contribution in [-0.4, -0.2) is 68.4 Å². The Balaban J connectivity index is 1.62. The van der Waals surface area contributed by atoms with E-state index in [0.29, 0.717) is 58.8 Å². The molecule has 0 saturated heterocycles. The standard InChI is InChI=1S/C38H48N4O6/c1-6-8-18-42(19-9-7-2)20-13-21-47-35-23-30-32(25-34(35)45-4)39-27-40-38(30)41-31-24-36(48-26-28-14-11-10-12-15-28)33(44-3)22-29(31)16-17-37(43)46-5/h10-12,14-17,22-25,27H,6-9,13,18-21,26H2,1-5H3,(H,39,40,41)/b17-16+. The third-order valence-corrected chi connectivity index (χ3v) is 7.88. The number of ether oxygens (including phenoxy) is 5. The molecule has 0 radical (unpaired) electrons. The van der Waals surface area contributed by atoms with E-state index in [4.69, 9.17) is 23.7 Å². The topological polar surface area (TPSA) is 104 Å². The SMILES string of the molecule is CCCCN(CCCC)CCCOc1cc2c(Nc3cc(OCc4ccccc4)c(OC)cc3/C=C/C(=O)OC)ncnc2cc1OC. The fourth-order valence-electron chi connectivity index (χ4n) is 5.19. The molecule has 0 bridgehead atoms. The smallest absolute Gasteiger partial charge is 0.330 e. The third-order valence-electron chi connectivity index (χ3n) is 7.88. The van der Waals surface area contributed by atoms with E-state index in [1.807, 2.05) is 48.5 Å². The summed E-state index contributed by atoms with van der Waals surface area (Å²) in [4.78, 5) is 23.6. The molecule has 4 aromatic rings. The maximum absolute atomic E-state index is 12.0. The summed E-state index contributed by atoms with van der Waals surface area (Å²) in [6.07, 6.45) is 10.2. The lowest BCUT2D eigenvalue weighted by Crippen LogP contribution is -2.28. The zero-order valence-corrected chi connectivity index (χ0v) is 28.8. The Morgan fingerprint density at radius 3 is 2.19 bits per heavy atom.